The van der Waals surface area contributed by atoms with Crippen molar-refractivity contribution in [2.75, 3.05) is 32.1 Å². The van der Waals surface area contributed by atoms with Crippen LogP contribution in [0.15, 0.2) is 24.8 Å². The summed E-state index contributed by atoms with van der Waals surface area (Å²) in [5.41, 5.74) is 1.97. The first-order chi connectivity index (χ1) is 10.8. The summed E-state index contributed by atoms with van der Waals surface area (Å²) in [6, 6.07) is 0. The van der Waals surface area contributed by atoms with Crippen molar-refractivity contribution in [1.82, 2.24) is 24.8 Å². The Kier molecular flexibility index (Phi) is 4.55. The average Bonchev–Trinajstić information content (AvgIpc) is 2.57. The van der Waals surface area contributed by atoms with Crippen molar-refractivity contribution < 1.29 is 4.74 Å². The summed E-state index contributed by atoms with van der Waals surface area (Å²) in [6.07, 6.45) is 7.07. The van der Waals surface area contributed by atoms with E-state index < -0.39 is 0 Å². The lowest BCUT2D eigenvalue weighted by atomic mass is 10.2. The van der Waals surface area contributed by atoms with Crippen LogP contribution in [0.3, 0.4) is 0 Å². The van der Waals surface area contributed by atoms with Crippen LogP contribution < -0.4 is 5.32 Å². The molecule has 0 unspecified atom stereocenters. The number of aromatic nitrogens is 4. The first kappa shape index (κ1) is 14.8. The molecule has 0 saturated carbocycles. The zero-order valence-corrected chi connectivity index (χ0v) is 12.9. The van der Waals surface area contributed by atoms with Gasteiger partial charge in [0.1, 0.15) is 23.4 Å². The molecule has 1 fully saturated rings. The van der Waals surface area contributed by atoms with Crippen LogP contribution in [0.4, 0.5) is 5.82 Å². The van der Waals surface area contributed by atoms with Gasteiger partial charge in [-0.25, -0.2) is 15.0 Å². The molecule has 116 valence electrons. The molecule has 1 atom stereocenters. The lowest BCUT2D eigenvalue weighted by Gasteiger charge is -2.32. The molecule has 2 aromatic heterocycles. The van der Waals surface area contributed by atoms with Crippen LogP contribution in [0.2, 0.25) is 0 Å². The number of morpholine rings is 1. The normalized spacial score (nSPS) is 19.1. The number of hydrogen-bond donors (Lipinski definition) is 1. The van der Waals surface area contributed by atoms with Crippen LogP contribution in [0.5, 0.6) is 0 Å². The van der Waals surface area contributed by atoms with Gasteiger partial charge >= 0.3 is 0 Å². The summed E-state index contributed by atoms with van der Waals surface area (Å²) in [5.74, 6) is 1.56. The molecule has 7 heteroatoms. The van der Waals surface area contributed by atoms with E-state index in [2.05, 4.69) is 30.2 Å². The maximum absolute atomic E-state index is 5.88. The predicted molar refractivity (Wildman–Crippen MR) is 82.3 cm³/mol. The summed E-state index contributed by atoms with van der Waals surface area (Å²) in [6.45, 7) is 5.05. The highest BCUT2D eigenvalue weighted by Crippen LogP contribution is 2.25. The van der Waals surface area contributed by atoms with E-state index in [0.717, 1.165) is 42.5 Å². The Hall–Kier alpha value is -2.12. The van der Waals surface area contributed by atoms with E-state index in [0.29, 0.717) is 6.61 Å². The third kappa shape index (κ3) is 3.37. The quantitative estimate of drug-likeness (QED) is 0.909. The van der Waals surface area contributed by atoms with Crippen LogP contribution in [-0.2, 0) is 11.3 Å². The minimum absolute atomic E-state index is 0.0729. The molecule has 1 N–H and O–H groups in total. The molecule has 0 aromatic carbocycles. The van der Waals surface area contributed by atoms with Gasteiger partial charge in [-0.3, -0.25) is 9.88 Å². The fourth-order valence-electron chi connectivity index (χ4n) is 2.55. The van der Waals surface area contributed by atoms with Gasteiger partial charge in [0.15, 0.2) is 0 Å². The molecular formula is C15H20N6O. The average molecular weight is 300 g/mol. The highest BCUT2D eigenvalue weighted by Gasteiger charge is 2.25. The number of rotatable bonds is 4. The Balaban J connectivity index is 1.70. The molecule has 2 aromatic rings. The Morgan fingerprint density at radius 1 is 1.23 bits per heavy atom. The van der Waals surface area contributed by atoms with Crippen molar-refractivity contribution in [2.45, 2.75) is 19.6 Å². The zero-order chi connectivity index (χ0) is 15.4. The molecule has 7 nitrogen and oxygen atoms in total. The second-order valence-corrected chi connectivity index (χ2v) is 5.27. The second kappa shape index (κ2) is 6.76. The van der Waals surface area contributed by atoms with Gasteiger partial charge in [-0.2, -0.15) is 0 Å². The number of ether oxygens (including phenoxy) is 1. The van der Waals surface area contributed by atoms with Crippen LogP contribution >= 0.6 is 0 Å². The standard InChI is InChI=1S/C15H20N6O/c1-11-19-7-12(8-20-11)9-21-5-6-22-13(10-21)14-15(16-2)18-4-3-17-14/h3-4,7-8,13H,5-6,9-10H2,1-2H3,(H,16,18)/t13-/m1/s1. The maximum Gasteiger partial charge on any atom is 0.150 e. The minimum atomic E-state index is -0.0729. The van der Waals surface area contributed by atoms with Gasteiger partial charge in [0.25, 0.3) is 0 Å². The third-order valence-corrected chi connectivity index (χ3v) is 3.66. The molecule has 3 heterocycles. The topological polar surface area (TPSA) is 76.1 Å². The fourth-order valence-corrected chi connectivity index (χ4v) is 2.55. The third-order valence-electron chi connectivity index (χ3n) is 3.66. The highest BCUT2D eigenvalue weighted by atomic mass is 16.5. The Morgan fingerprint density at radius 2 is 2.00 bits per heavy atom. The van der Waals surface area contributed by atoms with E-state index in [1.54, 1.807) is 12.4 Å². The molecule has 1 saturated heterocycles. The zero-order valence-electron chi connectivity index (χ0n) is 12.9. The van der Waals surface area contributed by atoms with E-state index in [4.69, 9.17) is 4.74 Å². The first-order valence-corrected chi connectivity index (χ1v) is 7.36. The monoisotopic (exact) mass is 300 g/mol. The maximum atomic E-state index is 5.88. The van der Waals surface area contributed by atoms with Crippen molar-refractivity contribution in [2.24, 2.45) is 0 Å². The van der Waals surface area contributed by atoms with Crippen molar-refractivity contribution in [1.29, 1.82) is 0 Å². The van der Waals surface area contributed by atoms with E-state index in [9.17, 15) is 0 Å². The van der Waals surface area contributed by atoms with Crippen molar-refractivity contribution in [3.63, 3.8) is 0 Å². The number of aryl methyl sites for hydroxylation is 1. The van der Waals surface area contributed by atoms with Crippen molar-refractivity contribution >= 4 is 5.82 Å². The predicted octanol–water partition coefficient (Wildman–Crippen LogP) is 1.19. The van der Waals surface area contributed by atoms with Crippen LogP contribution in [-0.4, -0.2) is 51.6 Å². The van der Waals surface area contributed by atoms with E-state index in [-0.39, 0.29) is 6.10 Å². The summed E-state index contributed by atoms with van der Waals surface area (Å²) < 4.78 is 5.88. The summed E-state index contributed by atoms with van der Waals surface area (Å²) in [7, 11) is 1.84. The number of nitrogens with one attached hydrogen (secondary N) is 1. The summed E-state index contributed by atoms with van der Waals surface area (Å²) in [5, 5.41) is 3.07. The molecule has 0 amide bonds. The molecule has 0 bridgehead atoms. The summed E-state index contributed by atoms with van der Waals surface area (Å²) >= 11 is 0. The fraction of sp³-hybridized carbons (Fsp3) is 0.467. The van der Waals surface area contributed by atoms with Crippen LogP contribution in [0.1, 0.15) is 23.2 Å². The lowest BCUT2D eigenvalue weighted by molar-refractivity contribution is -0.0348. The van der Waals surface area contributed by atoms with E-state index in [1.807, 2.05) is 26.4 Å². The van der Waals surface area contributed by atoms with E-state index in [1.165, 1.54) is 0 Å². The summed E-state index contributed by atoms with van der Waals surface area (Å²) in [4.78, 5) is 19.5. The highest BCUT2D eigenvalue weighted by molar-refractivity contribution is 5.40. The second-order valence-electron chi connectivity index (χ2n) is 5.27. The van der Waals surface area contributed by atoms with Gasteiger partial charge in [0, 0.05) is 57.0 Å². The van der Waals surface area contributed by atoms with Gasteiger partial charge in [-0.1, -0.05) is 0 Å². The number of nitrogens with zero attached hydrogens (tertiary/aromatic N) is 5. The molecule has 22 heavy (non-hydrogen) atoms. The Labute approximate surface area is 129 Å². The smallest absolute Gasteiger partial charge is 0.150 e. The minimum Gasteiger partial charge on any atom is -0.372 e. The molecule has 0 spiro atoms. The first-order valence-electron chi connectivity index (χ1n) is 7.36. The van der Waals surface area contributed by atoms with Gasteiger partial charge in [0.2, 0.25) is 0 Å². The largest absolute Gasteiger partial charge is 0.372 e. The van der Waals surface area contributed by atoms with Crippen LogP contribution in [0.25, 0.3) is 0 Å². The number of hydrogen-bond acceptors (Lipinski definition) is 7. The van der Waals surface area contributed by atoms with Gasteiger partial charge in [-0.15, -0.1) is 0 Å². The Morgan fingerprint density at radius 3 is 2.77 bits per heavy atom. The van der Waals surface area contributed by atoms with Gasteiger partial charge < -0.3 is 10.1 Å². The SMILES string of the molecule is CNc1nccnc1[C@H]1CN(Cc2cnc(C)nc2)CCO1. The van der Waals surface area contributed by atoms with Crippen molar-refractivity contribution in [3.8, 4) is 0 Å². The van der Waals surface area contributed by atoms with Gasteiger partial charge in [0.05, 0.1) is 6.61 Å². The molecule has 1 aliphatic heterocycles. The van der Waals surface area contributed by atoms with Crippen LogP contribution in [0, 0.1) is 6.92 Å². The van der Waals surface area contributed by atoms with Crippen molar-refractivity contribution in [3.05, 3.63) is 41.9 Å². The molecular weight excluding hydrogens is 280 g/mol. The Bertz CT molecular complexity index is 618. The lowest BCUT2D eigenvalue weighted by Crippen LogP contribution is -2.38. The molecule has 3 rings (SSSR count). The molecule has 0 radical (unpaired) electrons. The number of anilines is 1. The van der Waals surface area contributed by atoms with Gasteiger partial charge in [-0.05, 0) is 6.92 Å². The van der Waals surface area contributed by atoms with E-state index >= 15 is 0 Å². The molecule has 0 aliphatic carbocycles. The molecule has 1 aliphatic rings.